The normalized spacial score (nSPS) is 10.3. The molecular formula is C20H20N4O5. The topological polar surface area (TPSA) is 116 Å². The number of rotatable bonds is 7. The van der Waals surface area contributed by atoms with Crippen LogP contribution < -0.4 is 20.3 Å². The second-order valence-electron chi connectivity index (χ2n) is 5.94. The van der Waals surface area contributed by atoms with Gasteiger partial charge in [0.05, 0.1) is 13.7 Å². The van der Waals surface area contributed by atoms with E-state index in [0.29, 0.717) is 40.7 Å². The van der Waals surface area contributed by atoms with Crippen molar-refractivity contribution in [2.45, 2.75) is 13.3 Å². The molecule has 29 heavy (non-hydrogen) atoms. The second kappa shape index (κ2) is 9.36. The third-order valence-electron chi connectivity index (χ3n) is 3.93. The summed E-state index contributed by atoms with van der Waals surface area (Å²) in [5.74, 6) is 0.391. The summed E-state index contributed by atoms with van der Waals surface area (Å²) in [5.41, 5.74) is 6.11. The summed E-state index contributed by atoms with van der Waals surface area (Å²) in [4.78, 5) is 24.6. The Morgan fingerprint density at radius 2 is 1.69 bits per heavy atom. The second-order valence-corrected chi connectivity index (χ2v) is 5.94. The molecule has 0 spiro atoms. The van der Waals surface area contributed by atoms with Crippen molar-refractivity contribution in [2.24, 2.45) is 0 Å². The summed E-state index contributed by atoms with van der Waals surface area (Å²) in [6, 6.07) is 11.3. The maximum Gasteiger partial charge on any atom is 0.269 e. The highest BCUT2D eigenvalue weighted by molar-refractivity contribution is 5.99. The maximum atomic E-state index is 12.3. The van der Waals surface area contributed by atoms with Crippen LogP contribution in [0.25, 0.3) is 11.5 Å². The quantitative estimate of drug-likeness (QED) is 0.590. The van der Waals surface area contributed by atoms with Crippen LogP contribution in [0.3, 0.4) is 0 Å². The number of nitrogens with one attached hydrogen (secondary N) is 2. The summed E-state index contributed by atoms with van der Waals surface area (Å²) in [6.07, 6.45) is 2.08. The van der Waals surface area contributed by atoms with Crippen LogP contribution in [0, 0.1) is 0 Å². The van der Waals surface area contributed by atoms with Gasteiger partial charge in [-0.25, -0.2) is 0 Å². The van der Waals surface area contributed by atoms with Crippen molar-refractivity contribution in [3.63, 3.8) is 0 Å². The highest BCUT2D eigenvalue weighted by Gasteiger charge is 2.13. The molecule has 3 aromatic rings. The molecule has 9 heteroatoms. The van der Waals surface area contributed by atoms with E-state index < -0.39 is 11.8 Å². The average molecular weight is 396 g/mol. The summed E-state index contributed by atoms with van der Waals surface area (Å²) in [6.45, 7) is 2.54. The third kappa shape index (κ3) is 4.89. The number of aromatic nitrogens is 2. The molecular weight excluding hydrogens is 376 g/mol. The van der Waals surface area contributed by atoms with Gasteiger partial charge in [-0.15, -0.1) is 10.2 Å². The highest BCUT2D eigenvalue weighted by Crippen LogP contribution is 2.28. The number of nitrogens with zero attached hydrogens (tertiary/aromatic N) is 2. The number of carbonyl (C=O) groups excluding carboxylic acids is 2. The predicted octanol–water partition coefficient (Wildman–Crippen LogP) is 2.61. The first-order valence-electron chi connectivity index (χ1n) is 8.90. The van der Waals surface area contributed by atoms with E-state index >= 15 is 0 Å². The van der Waals surface area contributed by atoms with Gasteiger partial charge in [0.1, 0.15) is 0 Å². The van der Waals surface area contributed by atoms with Crippen molar-refractivity contribution in [1.82, 2.24) is 21.0 Å². The zero-order chi connectivity index (χ0) is 20.6. The van der Waals surface area contributed by atoms with Gasteiger partial charge < -0.3 is 13.9 Å². The first-order valence-corrected chi connectivity index (χ1v) is 8.90. The van der Waals surface area contributed by atoms with Gasteiger partial charge in [-0.05, 0) is 48.9 Å². The molecule has 0 aliphatic carbocycles. The summed E-state index contributed by atoms with van der Waals surface area (Å²) >= 11 is 0. The summed E-state index contributed by atoms with van der Waals surface area (Å²) < 4.78 is 15.9. The smallest absolute Gasteiger partial charge is 0.269 e. The largest absolute Gasteiger partial charge is 0.493 e. The van der Waals surface area contributed by atoms with E-state index in [1.807, 2.05) is 6.92 Å². The lowest BCUT2D eigenvalue weighted by molar-refractivity contribution is 0.0846. The predicted molar refractivity (Wildman–Crippen MR) is 103 cm³/mol. The zero-order valence-electron chi connectivity index (χ0n) is 16.0. The third-order valence-corrected chi connectivity index (χ3v) is 3.93. The highest BCUT2D eigenvalue weighted by atomic mass is 16.5. The van der Waals surface area contributed by atoms with Crippen LogP contribution in [0.15, 0.2) is 53.3 Å². The summed E-state index contributed by atoms with van der Waals surface area (Å²) in [7, 11) is 1.50. The van der Waals surface area contributed by atoms with Crippen molar-refractivity contribution in [3.8, 4) is 23.0 Å². The molecule has 0 saturated heterocycles. The van der Waals surface area contributed by atoms with E-state index in [0.717, 1.165) is 6.42 Å². The Labute approximate surface area is 167 Å². The van der Waals surface area contributed by atoms with Crippen LogP contribution >= 0.6 is 0 Å². The minimum Gasteiger partial charge on any atom is -0.493 e. The number of hydrazine groups is 1. The fraction of sp³-hybridized carbons (Fsp3) is 0.200. The van der Waals surface area contributed by atoms with Crippen molar-refractivity contribution in [2.75, 3.05) is 13.7 Å². The lowest BCUT2D eigenvalue weighted by atomic mass is 10.1. The van der Waals surface area contributed by atoms with Crippen molar-refractivity contribution in [3.05, 3.63) is 60.0 Å². The minimum absolute atomic E-state index is 0.317. The van der Waals surface area contributed by atoms with Crippen LogP contribution in [-0.4, -0.2) is 35.7 Å². The van der Waals surface area contributed by atoms with Gasteiger partial charge in [0.15, 0.2) is 11.5 Å². The van der Waals surface area contributed by atoms with E-state index in [4.69, 9.17) is 13.9 Å². The van der Waals surface area contributed by atoms with Crippen molar-refractivity contribution >= 4 is 11.8 Å². The molecule has 0 atom stereocenters. The Bertz CT molecular complexity index is 971. The Hall–Kier alpha value is -3.88. The van der Waals surface area contributed by atoms with Crippen LogP contribution in [0.4, 0.5) is 0 Å². The molecule has 0 aliphatic heterocycles. The first kappa shape index (κ1) is 19.9. The molecule has 1 aromatic heterocycles. The molecule has 150 valence electrons. The molecule has 2 amide bonds. The van der Waals surface area contributed by atoms with Gasteiger partial charge in [-0.1, -0.05) is 6.92 Å². The van der Waals surface area contributed by atoms with E-state index in [-0.39, 0.29) is 0 Å². The Kier molecular flexibility index (Phi) is 6.41. The van der Waals surface area contributed by atoms with Crippen molar-refractivity contribution < 1.29 is 23.5 Å². The van der Waals surface area contributed by atoms with E-state index in [1.54, 1.807) is 42.5 Å². The lowest BCUT2D eigenvalue weighted by Crippen LogP contribution is -2.41. The van der Waals surface area contributed by atoms with E-state index in [9.17, 15) is 9.59 Å². The van der Waals surface area contributed by atoms with Gasteiger partial charge >= 0.3 is 0 Å². The van der Waals surface area contributed by atoms with Gasteiger partial charge in [0.2, 0.25) is 12.3 Å². The molecule has 0 saturated carbocycles. The Morgan fingerprint density at radius 3 is 2.31 bits per heavy atom. The average Bonchev–Trinajstić information content (AvgIpc) is 3.30. The molecule has 0 bridgehead atoms. The first-order chi connectivity index (χ1) is 14.1. The molecule has 0 radical (unpaired) electrons. The van der Waals surface area contributed by atoms with Crippen LogP contribution in [0.5, 0.6) is 11.5 Å². The number of amides is 2. The molecule has 1 heterocycles. The van der Waals surface area contributed by atoms with Crippen LogP contribution in [-0.2, 0) is 0 Å². The molecule has 2 aromatic carbocycles. The van der Waals surface area contributed by atoms with E-state index in [1.165, 1.54) is 13.5 Å². The number of benzene rings is 2. The molecule has 0 fully saturated rings. The number of carbonyl (C=O) groups is 2. The number of ether oxygens (including phenoxy) is 2. The lowest BCUT2D eigenvalue weighted by Gasteiger charge is -2.12. The van der Waals surface area contributed by atoms with Gasteiger partial charge in [-0.2, -0.15) is 0 Å². The van der Waals surface area contributed by atoms with Gasteiger partial charge in [0, 0.05) is 16.7 Å². The standard InChI is InChI=1S/C20H20N4O5/c1-3-10-28-16-9-8-15(11-17(16)27-2)19(26)23-22-18(25)13-4-6-14(7-5-13)20-24-21-12-29-20/h4-9,11-12H,3,10H2,1-2H3,(H,22,25)(H,23,26). The number of hydrogen-bond acceptors (Lipinski definition) is 7. The SMILES string of the molecule is CCCOc1ccc(C(=O)NNC(=O)c2ccc(-c3nnco3)cc2)cc1OC. The maximum absolute atomic E-state index is 12.3. The Balaban J connectivity index is 1.60. The van der Waals surface area contributed by atoms with Gasteiger partial charge in [0.25, 0.3) is 11.8 Å². The fourth-order valence-corrected chi connectivity index (χ4v) is 2.46. The molecule has 0 unspecified atom stereocenters. The molecule has 3 rings (SSSR count). The monoisotopic (exact) mass is 396 g/mol. The molecule has 0 aliphatic rings. The summed E-state index contributed by atoms with van der Waals surface area (Å²) in [5, 5.41) is 7.40. The van der Waals surface area contributed by atoms with Crippen LogP contribution in [0.1, 0.15) is 34.1 Å². The van der Waals surface area contributed by atoms with Crippen molar-refractivity contribution in [1.29, 1.82) is 0 Å². The Morgan fingerprint density at radius 1 is 1.00 bits per heavy atom. The minimum atomic E-state index is -0.485. The number of methoxy groups -OCH3 is 1. The molecule has 9 nitrogen and oxygen atoms in total. The zero-order valence-corrected chi connectivity index (χ0v) is 16.0. The van der Waals surface area contributed by atoms with E-state index in [2.05, 4.69) is 21.0 Å². The molecule has 2 N–H and O–H groups in total. The fourth-order valence-electron chi connectivity index (χ4n) is 2.46. The van der Waals surface area contributed by atoms with Crippen LogP contribution in [0.2, 0.25) is 0 Å². The number of hydrogen-bond donors (Lipinski definition) is 2. The van der Waals surface area contributed by atoms with Gasteiger partial charge in [-0.3, -0.25) is 20.4 Å².